The summed E-state index contributed by atoms with van der Waals surface area (Å²) in [5.74, 6) is -0.768. The van der Waals surface area contributed by atoms with E-state index in [1.807, 2.05) is 0 Å². The second-order valence-corrected chi connectivity index (χ2v) is 7.49. The maximum atomic E-state index is 12.4. The summed E-state index contributed by atoms with van der Waals surface area (Å²) in [7, 11) is 1.19. The number of carboxylic acid groups (broad SMARTS) is 1. The zero-order chi connectivity index (χ0) is 20.0. The number of ether oxygens (including phenoxy) is 2. The van der Waals surface area contributed by atoms with Gasteiger partial charge < -0.3 is 29.6 Å². The van der Waals surface area contributed by atoms with Crippen molar-refractivity contribution in [1.29, 1.82) is 0 Å². The largest absolute Gasteiger partial charge is 0.467 e. The molecule has 1 atom stereocenters. The molecule has 0 aromatic rings. The van der Waals surface area contributed by atoms with Crippen LogP contribution in [0.5, 0.6) is 0 Å². The number of alkyl carbamates (subject to hydrolysis) is 1. The molecule has 26 heavy (non-hydrogen) atoms. The number of esters is 1. The topological polar surface area (TPSA) is 122 Å². The van der Waals surface area contributed by atoms with Gasteiger partial charge in [0.05, 0.1) is 7.11 Å². The lowest BCUT2D eigenvalue weighted by Crippen LogP contribution is -2.57. The maximum Gasteiger partial charge on any atom is 0.408 e. The van der Waals surface area contributed by atoms with E-state index in [4.69, 9.17) is 14.6 Å². The second-order valence-electron chi connectivity index (χ2n) is 7.49. The molecule has 1 saturated heterocycles. The fourth-order valence-electron chi connectivity index (χ4n) is 3.06. The Balaban J connectivity index is 2.93. The summed E-state index contributed by atoms with van der Waals surface area (Å²) in [6.07, 6.45) is -0.265. The van der Waals surface area contributed by atoms with Crippen LogP contribution < -0.4 is 5.32 Å². The first-order valence-electron chi connectivity index (χ1n) is 8.54. The molecule has 0 aliphatic carbocycles. The van der Waals surface area contributed by atoms with Crippen molar-refractivity contribution in [2.45, 2.75) is 57.6 Å². The summed E-state index contributed by atoms with van der Waals surface area (Å²) in [6.45, 7) is 5.74. The Morgan fingerprint density at radius 3 is 2.23 bits per heavy atom. The predicted molar refractivity (Wildman–Crippen MR) is 91.7 cm³/mol. The summed E-state index contributed by atoms with van der Waals surface area (Å²) in [5.41, 5.74) is -2.30. The SMILES string of the molecule is COC(=O)[C@](CC=O)(CC1CCN(C(=O)O)CC1)NC(=O)OC(C)(C)C. The molecule has 1 aliphatic rings. The first-order chi connectivity index (χ1) is 12.0. The third kappa shape index (κ3) is 6.20. The van der Waals surface area contributed by atoms with Gasteiger partial charge in [-0.2, -0.15) is 0 Å². The zero-order valence-corrected chi connectivity index (χ0v) is 15.7. The molecule has 0 aromatic carbocycles. The minimum Gasteiger partial charge on any atom is -0.467 e. The van der Waals surface area contributed by atoms with Gasteiger partial charge in [-0.3, -0.25) is 0 Å². The second kappa shape index (κ2) is 8.86. The number of rotatable bonds is 6. The molecular formula is C17H28N2O7. The van der Waals surface area contributed by atoms with E-state index >= 15 is 0 Å². The van der Waals surface area contributed by atoms with Crippen LogP contribution in [-0.4, -0.2) is 65.8 Å². The van der Waals surface area contributed by atoms with E-state index < -0.39 is 29.3 Å². The predicted octanol–water partition coefficient (Wildman–Crippen LogP) is 1.79. The van der Waals surface area contributed by atoms with Crippen molar-refractivity contribution < 1.29 is 33.8 Å². The molecule has 1 rings (SSSR count). The van der Waals surface area contributed by atoms with Gasteiger partial charge in [0.25, 0.3) is 0 Å². The van der Waals surface area contributed by atoms with Crippen LogP contribution in [-0.2, 0) is 19.1 Å². The van der Waals surface area contributed by atoms with Crippen LogP contribution in [0.25, 0.3) is 0 Å². The van der Waals surface area contributed by atoms with Crippen molar-refractivity contribution in [3.8, 4) is 0 Å². The van der Waals surface area contributed by atoms with Gasteiger partial charge in [-0.25, -0.2) is 14.4 Å². The number of piperidine rings is 1. The first-order valence-corrected chi connectivity index (χ1v) is 8.54. The van der Waals surface area contributed by atoms with Crippen molar-refractivity contribution in [3.63, 3.8) is 0 Å². The van der Waals surface area contributed by atoms with E-state index in [-0.39, 0.29) is 18.8 Å². The van der Waals surface area contributed by atoms with E-state index in [1.54, 1.807) is 20.8 Å². The van der Waals surface area contributed by atoms with Gasteiger partial charge >= 0.3 is 18.2 Å². The average Bonchev–Trinajstić information content (AvgIpc) is 2.52. The lowest BCUT2D eigenvalue weighted by Gasteiger charge is -2.37. The third-order valence-corrected chi connectivity index (χ3v) is 4.27. The van der Waals surface area contributed by atoms with Crippen LogP contribution in [0.3, 0.4) is 0 Å². The fourth-order valence-corrected chi connectivity index (χ4v) is 3.06. The van der Waals surface area contributed by atoms with Crippen molar-refractivity contribution in [1.82, 2.24) is 10.2 Å². The normalized spacial score (nSPS) is 17.8. The monoisotopic (exact) mass is 372 g/mol. The summed E-state index contributed by atoms with van der Waals surface area (Å²) in [4.78, 5) is 48.1. The molecule has 0 radical (unpaired) electrons. The van der Waals surface area contributed by atoms with Gasteiger partial charge in [0, 0.05) is 19.5 Å². The van der Waals surface area contributed by atoms with Crippen LogP contribution >= 0.6 is 0 Å². The van der Waals surface area contributed by atoms with Gasteiger partial charge in [0.1, 0.15) is 17.4 Å². The molecule has 0 bridgehead atoms. The van der Waals surface area contributed by atoms with Crippen LogP contribution in [0.15, 0.2) is 0 Å². The number of methoxy groups -OCH3 is 1. The molecule has 0 saturated carbocycles. The Kier molecular flexibility index (Phi) is 7.41. The van der Waals surface area contributed by atoms with Crippen LogP contribution in [0.4, 0.5) is 9.59 Å². The van der Waals surface area contributed by atoms with Crippen LogP contribution in [0, 0.1) is 5.92 Å². The number of nitrogens with one attached hydrogen (secondary N) is 1. The van der Waals surface area contributed by atoms with E-state index in [0.717, 1.165) is 0 Å². The number of nitrogens with zero attached hydrogens (tertiary/aromatic N) is 1. The molecule has 0 unspecified atom stereocenters. The summed E-state index contributed by atoms with van der Waals surface area (Å²) in [6, 6.07) is 0. The molecule has 1 heterocycles. The molecule has 1 aliphatic heterocycles. The highest BCUT2D eigenvalue weighted by atomic mass is 16.6. The van der Waals surface area contributed by atoms with E-state index in [0.29, 0.717) is 32.2 Å². The van der Waals surface area contributed by atoms with Gasteiger partial charge in [-0.15, -0.1) is 0 Å². The Bertz CT molecular complexity index is 536. The first kappa shape index (κ1) is 21.7. The number of carbonyl (C=O) groups excluding carboxylic acids is 3. The highest BCUT2D eigenvalue weighted by Gasteiger charge is 2.44. The number of hydrogen-bond donors (Lipinski definition) is 2. The molecule has 2 amide bonds. The molecule has 2 N–H and O–H groups in total. The summed E-state index contributed by atoms with van der Waals surface area (Å²) < 4.78 is 10.0. The Morgan fingerprint density at radius 1 is 1.23 bits per heavy atom. The van der Waals surface area contributed by atoms with E-state index in [1.165, 1.54) is 12.0 Å². The Morgan fingerprint density at radius 2 is 1.81 bits per heavy atom. The Hall–Kier alpha value is -2.32. The highest BCUT2D eigenvalue weighted by Crippen LogP contribution is 2.30. The quantitative estimate of drug-likeness (QED) is 0.538. The Labute approximate surface area is 153 Å². The number of amides is 2. The van der Waals surface area contributed by atoms with Gasteiger partial charge in [0.2, 0.25) is 0 Å². The molecule has 9 nitrogen and oxygen atoms in total. The fraction of sp³-hybridized carbons (Fsp3) is 0.765. The van der Waals surface area contributed by atoms with Gasteiger partial charge in [-0.05, 0) is 46.0 Å². The highest BCUT2D eigenvalue weighted by molar-refractivity contribution is 5.88. The van der Waals surface area contributed by atoms with Crippen LogP contribution in [0.1, 0.15) is 46.5 Å². The molecule has 148 valence electrons. The number of likely N-dealkylation sites (tertiary alicyclic amines) is 1. The minimum absolute atomic E-state index is 0.0420. The molecule has 0 aromatic heterocycles. The summed E-state index contributed by atoms with van der Waals surface area (Å²) in [5, 5.41) is 11.5. The van der Waals surface area contributed by atoms with Crippen LogP contribution in [0.2, 0.25) is 0 Å². The average molecular weight is 372 g/mol. The molecular weight excluding hydrogens is 344 g/mol. The van der Waals surface area contributed by atoms with Crippen molar-refractivity contribution in [2.24, 2.45) is 5.92 Å². The third-order valence-electron chi connectivity index (χ3n) is 4.27. The van der Waals surface area contributed by atoms with E-state index in [9.17, 15) is 19.2 Å². The molecule has 0 spiro atoms. The smallest absolute Gasteiger partial charge is 0.408 e. The van der Waals surface area contributed by atoms with Crippen molar-refractivity contribution >= 4 is 24.4 Å². The van der Waals surface area contributed by atoms with Gasteiger partial charge in [0.15, 0.2) is 0 Å². The molecule has 9 heteroatoms. The molecule has 1 fully saturated rings. The van der Waals surface area contributed by atoms with Crippen molar-refractivity contribution in [3.05, 3.63) is 0 Å². The lowest BCUT2D eigenvalue weighted by molar-refractivity contribution is -0.150. The minimum atomic E-state index is -1.53. The maximum absolute atomic E-state index is 12.4. The number of carbonyl (C=O) groups is 4. The van der Waals surface area contributed by atoms with Gasteiger partial charge in [-0.1, -0.05) is 0 Å². The number of hydrogen-bond acceptors (Lipinski definition) is 6. The standard InChI is InChI=1S/C17H28N2O7/c1-16(2,3)26-14(22)18-17(7-10-20,13(21)25-4)11-12-5-8-19(9-6-12)15(23)24/h10,12H,5-9,11H2,1-4H3,(H,18,22)(H,23,24)/t17-/m0/s1. The lowest BCUT2D eigenvalue weighted by atomic mass is 9.80. The van der Waals surface area contributed by atoms with E-state index in [2.05, 4.69) is 5.32 Å². The summed E-state index contributed by atoms with van der Waals surface area (Å²) >= 11 is 0. The zero-order valence-electron chi connectivity index (χ0n) is 15.7. The van der Waals surface area contributed by atoms with Crippen molar-refractivity contribution in [2.75, 3.05) is 20.2 Å². The number of aldehydes is 1.